The van der Waals surface area contributed by atoms with Crippen LogP contribution in [0.4, 0.5) is 13.2 Å². The molecule has 0 unspecified atom stereocenters. The first-order valence-electron chi connectivity index (χ1n) is 4.73. The van der Waals surface area contributed by atoms with Gasteiger partial charge in [-0.3, -0.25) is 0 Å². The van der Waals surface area contributed by atoms with E-state index in [1.54, 1.807) is 24.3 Å². The lowest BCUT2D eigenvalue weighted by atomic mass is 10.2. The summed E-state index contributed by atoms with van der Waals surface area (Å²) in [5.74, 6) is -1.16. The molecule has 86 valence electrons. The molecule has 0 spiro atoms. The number of aromatic nitrogens is 4. The highest BCUT2D eigenvalue weighted by Crippen LogP contribution is 2.27. The molecule has 2 heterocycles. The molecule has 0 amide bonds. The Hall–Kier alpha value is -2.18. The molecule has 4 nitrogen and oxygen atoms in total. The van der Waals surface area contributed by atoms with Gasteiger partial charge in [0.25, 0.3) is 5.82 Å². The van der Waals surface area contributed by atoms with Crippen molar-refractivity contribution in [2.75, 3.05) is 0 Å². The van der Waals surface area contributed by atoms with Gasteiger partial charge in [0.2, 0.25) is 0 Å². The largest absolute Gasteiger partial charge is 0.453 e. The molecule has 3 rings (SSSR count). The first-order chi connectivity index (χ1) is 8.05. The Labute approximate surface area is 92.7 Å². The zero-order chi connectivity index (χ0) is 12.0. The van der Waals surface area contributed by atoms with Crippen molar-refractivity contribution in [2.45, 2.75) is 6.18 Å². The summed E-state index contributed by atoms with van der Waals surface area (Å²) in [4.78, 5) is 7.50. The Kier molecular flexibility index (Phi) is 1.86. The van der Waals surface area contributed by atoms with Crippen molar-refractivity contribution in [3.8, 4) is 0 Å². The van der Waals surface area contributed by atoms with Crippen molar-refractivity contribution in [3.63, 3.8) is 0 Å². The minimum absolute atomic E-state index is 0.155. The van der Waals surface area contributed by atoms with E-state index in [-0.39, 0.29) is 5.65 Å². The van der Waals surface area contributed by atoms with Crippen molar-refractivity contribution < 1.29 is 13.2 Å². The van der Waals surface area contributed by atoms with E-state index in [1.165, 1.54) is 6.33 Å². The molecule has 1 aromatic carbocycles. The van der Waals surface area contributed by atoms with Crippen molar-refractivity contribution >= 4 is 16.6 Å². The molecular weight excluding hydrogens is 233 g/mol. The van der Waals surface area contributed by atoms with Crippen LogP contribution in [0.25, 0.3) is 16.6 Å². The van der Waals surface area contributed by atoms with Crippen LogP contribution >= 0.6 is 0 Å². The topological polar surface area (TPSA) is 43.1 Å². The Morgan fingerprint density at radius 2 is 1.88 bits per heavy atom. The third-order valence-electron chi connectivity index (χ3n) is 2.34. The molecule has 0 N–H and O–H groups in total. The molecule has 0 aliphatic rings. The molecule has 0 fully saturated rings. The summed E-state index contributed by atoms with van der Waals surface area (Å²) in [5, 5.41) is 3.89. The van der Waals surface area contributed by atoms with Crippen molar-refractivity contribution in [1.29, 1.82) is 0 Å². The SMILES string of the molecule is FC(F)(F)c1nc2c3ccccc3ncn2n1. The van der Waals surface area contributed by atoms with Gasteiger partial charge in [-0.1, -0.05) is 12.1 Å². The predicted octanol–water partition coefficient (Wildman–Crippen LogP) is 2.30. The standard InChI is InChI=1S/C10H5F3N4/c11-10(12,13)9-15-8-6-3-1-2-4-7(6)14-5-17(8)16-9/h1-5H. The second-order valence-corrected chi connectivity index (χ2v) is 3.46. The molecule has 0 aliphatic carbocycles. The zero-order valence-corrected chi connectivity index (χ0v) is 8.31. The van der Waals surface area contributed by atoms with Gasteiger partial charge in [0.15, 0.2) is 5.65 Å². The van der Waals surface area contributed by atoms with Crippen molar-refractivity contribution in [1.82, 2.24) is 19.6 Å². The number of benzene rings is 1. The summed E-state index contributed by atoms with van der Waals surface area (Å²) >= 11 is 0. The van der Waals surface area contributed by atoms with E-state index in [0.717, 1.165) is 4.52 Å². The van der Waals surface area contributed by atoms with Gasteiger partial charge in [0.1, 0.15) is 6.33 Å². The maximum Gasteiger partial charge on any atom is 0.453 e. The van der Waals surface area contributed by atoms with Gasteiger partial charge >= 0.3 is 6.18 Å². The van der Waals surface area contributed by atoms with Crippen molar-refractivity contribution in [3.05, 3.63) is 36.4 Å². The van der Waals surface area contributed by atoms with Gasteiger partial charge < -0.3 is 0 Å². The number of alkyl halides is 3. The lowest BCUT2D eigenvalue weighted by Gasteiger charge is -1.96. The highest BCUT2D eigenvalue weighted by atomic mass is 19.4. The first kappa shape index (κ1) is 10.0. The quantitative estimate of drug-likeness (QED) is 0.603. The molecule has 17 heavy (non-hydrogen) atoms. The van der Waals surface area contributed by atoms with E-state index in [0.29, 0.717) is 10.9 Å². The normalized spacial score (nSPS) is 12.4. The zero-order valence-electron chi connectivity index (χ0n) is 8.31. The molecule has 0 saturated carbocycles. The second kappa shape index (κ2) is 3.16. The van der Waals surface area contributed by atoms with Crippen LogP contribution in [-0.2, 0) is 6.18 Å². The average Bonchev–Trinajstić information content (AvgIpc) is 2.72. The second-order valence-electron chi connectivity index (χ2n) is 3.46. The fourth-order valence-electron chi connectivity index (χ4n) is 1.60. The van der Waals surface area contributed by atoms with Crippen LogP contribution in [0.3, 0.4) is 0 Å². The molecule has 0 bridgehead atoms. The summed E-state index contributed by atoms with van der Waals surface area (Å²) in [5.41, 5.74) is 0.740. The molecule has 0 radical (unpaired) electrons. The number of halogens is 3. The summed E-state index contributed by atoms with van der Waals surface area (Å²) in [6.07, 6.45) is -3.33. The smallest absolute Gasteiger partial charge is 0.236 e. The molecule has 0 aliphatic heterocycles. The maximum absolute atomic E-state index is 12.5. The van der Waals surface area contributed by atoms with Crippen LogP contribution in [0.15, 0.2) is 30.6 Å². The number of hydrogen-bond acceptors (Lipinski definition) is 3. The number of hydrogen-bond donors (Lipinski definition) is 0. The molecule has 2 aromatic heterocycles. The molecular formula is C10H5F3N4. The summed E-state index contributed by atoms with van der Waals surface area (Å²) in [7, 11) is 0. The Bertz CT molecular complexity index is 701. The van der Waals surface area contributed by atoms with Gasteiger partial charge in [-0.15, -0.1) is 5.10 Å². The molecule has 3 aromatic rings. The van der Waals surface area contributed by atoms with Crippen molar-refractivity contribution in [2.24, 2.45) is 0 Å². The van der Waals surface area contributed by atoms with Crippen LogP contribution in [0.2, 0.25) is 0 Å². The van der Waals surface area contributed by atoms with Crippen LogP contribution in [0, 0.1) is 0 Å². The van der Waals surface area contributed by atoms with Crippen LogP contribution in [0.5, 0.6) is 0 Å². The fraction of sp³-hybridized carbons (Fsp3) is 0.100. The number of para-hydroxylation sites is 1. The number of rotatable bonds is 0. The predicted molar refractivity (Wildman–Crippen MR) is 53.3 cm³/mol. The Morgan fingerprint density at radius 3 is 2.65 bits per heavy atom. The summed E-state index contributed by atoms with van der Waals surface area (Å²) in [6.45, 7) is 0. The van der Waals surface area contributed by atoms with Gasteiger partial charge in [-0.25, -0.2) is 14.5 Å². The Morgan fingerprint density at radius 1 is 1.12 bits per heavy atom. The maximum atomic E-state index is 12.5. The van der Waals surface area contributed by atoms with E-state index in [2.05, 4.69) is 15.1 Å². The lowest BCUT2D eigenvalue weighted by Crippen LogP contribution is -2.07. The van der Waals surface area contributed by atoms with Gasteiger partial charge in [-0.2, -0.15) is 13.2 Å². The minimum atomic E-state index is -4.55. The van der Waals surface area contributed by atoms with Crippen LogP contribution in [0.1, 0.15) is 5.82 Å². The minimum Gasteiger partial charge on any atom is -0.236 e. The van der Waals surface area contributed by atoms with E-state index in [1.807, 2.05) is 0 Å². The van der Waals surface area contributed by atoms with Crippen LogP contribution < -0.4 is 0 Å². The van der Waals surface area contributed by atoms with Gasteiger partial charge in [0, 0.05) is 5.39 Å². The lowest BCUT2D eigenvalue weighted by molar-refractivity contribution is -0.144. The summed E-state index contributed by atoms with van der Waals surface area (Å²) < 4.78 is 38.4. The summed E-state index contributed by atoms with van der Waals surface area (Å²) in [6, 6.07) is 6.84. The van der Waals surface area contributed by atoms with Gasteiger partial charge in [0.05, 0.1) is 5.52 Å². The van der Waals surface area contributed by atoms with Crippen LogP contribution in [-0.4, -0.2) is 19.6 Å². The molecule has 0 saturated heterocycles. The van der Waals surface area contributed by atoms with E-state index in [4.69, 9.17) is 0 Å². The third kappa shape index (κ3) is 1.50. The molecule has 7 heteroatoms. The number of nitrogens with zero attached hydrogens (tertiary/aromatic N) is 4. The van der Waals surface area contributed by atoms with Gasteiger partial charge in [-0.05, 0) is 12.1 Å². The average molecular weight is 238 g/mol. The highest BCUT2D eigenvalue weighted by Gasteiger charge is 2.36. The van der Waals surface area contributed by atoms with E-state index >= 15 is 0 Å². The fourth-order valence-corrected chi connectivity index (χ4v) is 1.60. The number of fused-ring (bicyclic) bond motifs is 3. The molecule has 0 atom stereocenters. The monoisotopic (exact) mass is 238 g/mol. The Balaban J connectivity index is 2.39. The van der Waals surface area contributed by atoms with E-state index < -0.39 is 12.0 Å². The highest BCUT2D eigenvalue weighted by molar-refractivity contribution is 5.90. The third-order valence-corrected chi connectivity index (χ3v) is 2.34. The van der Waals surface area contributed by atoms with E-state index in [9.17, 15) is 13.2 Å². The first-order valence-corrected chi connectivity index (χ1v) is 4.73.